The molecule has 0 N–H and O–H groups in total. The molecule has 0 bridgehead atoms. The first-order valence-corrected chi connectivity index (χ1v) is 0. The van der Waals surface area contributed by atoms with E-state index in [-0.39, 0.29) is 3070 Å². The minimum Gasteiger partial charge on any atom is 0 e. The summed E-state index contributed by atoms with van der Waals surface area (Å²) < 4.78 is 0. The predicted molar refractivity (Wildman–Crippen MR) is 449 cm³/mol. The van der Waals surface area contributed by atoms with Crippen LogP contribution >= 0.6 is 0 Å². The second kappa shape index (κ2) is 623. The molecule has 0 spiro atoms. The van der Waals surface area contributed by atoms with Gasteiger partial charge in [-0.15, -0.1) is 0 Å². The molecule has 0 saturated heterocycles. The second-order valence-corrected chi connectivity index (χ2v) is 0. The van der Waals surface area contributed by atoms with E-state index in [0.717, 1.165) is 0 Å². The van der Waals surface area contributed by atoms with Crippen molar-refractivity contribution >= 4 is 2850 Å². The predicted octanol–water partition coefficient (Wildman–Crippen LogP) is -29.7. The molecule has 0 aromatic carbocycles. The van der Waals surface area contributed by atoms with Gasteiger partial charge in [0.25, 0.3) is 0 Å². The van der Waals surface area contributed by atoms with E-state index in [1.165, 1.54) is 0 Å². The van der Waals surface area contributed by atoms with Crippen molar-refractivity contribution in [3.05, 3.63) is 0 Å². The first-order valence-electron chi connectivity index (χ1n) is 0. The molecule has 0 rings (SSSR count). The maximum Gasteiger partial charge on any atom is 0 e. The van der Waals surface area contributed by atoms with Crippen LogP contribution in [0.5, 0.6) is 0 Å². The molecular formula is Bi36Cd8Sr42. The summed E-state index contributed by atoms with van der Waals surface area (Å²) in [6.07, 6.45) is 0. The van der Waals surface area contributed by atoms with E-state index >= 15 is 0 Å². The molecule has 192 radical (unpaired) electrons. The van der Waals surface area contributed by atoms with E-state index in [1.54, 1.807) is 0 Å². The van der Waals surface area contributed by atoms with Crippen molar-refractivity contribution in [2.45, 2.75) is 0 Å². The van der Waals surface area contributed by atoms with Crippen LogP contribution in [0.4, 0.5) is 0 Å². The van der Waals surface area contributed by atoms with Crippen LogP contribution in [-0.2, 0) is 218 Å². The fourth-order valence-corrected chi connectivity index (χ4v) is 0. The van der Waals surface area contributed by atoms with E-state index in [1.807, 2.05) is 0 Å². The standard InChI is InChI=1S/36Bi.8Cd.42Sr. The Hall–Kier alpha value is 101. The molecule has 0 aromatic heterocycles. The summed E-state index contributed by atoms with van der Waals surface area (Å²) in [4.78, 5) is 0. The van der Waals surface area contributed by atoms with Gasteiger partial charge < -0.3 is 0 Å². The third-order valence-corrected chi connectivity index (χ3v) is 0. The van der Waals surface area contributed by atoms with Gasteiger partial charge in [0.05, 0.1) is 0 Å². The molecule has 0 aliphatic carbocycles. The summed E-state index contributed by atoms with van der Waals surface area (Å²) in [5, 5.41) is 0. The molecule has 0 atom stereocenters. The average Bonchev–Trinajstić information content (AvgIpc) is 0. The van der Waals surface area contributed by atoms with Gasteiger partial charge in [-0.2, -0.15) is 0 Å². The second-order valence-electron chi connectivity index (χ2n) is 0. The SMILES string of the molecule is [Bi].[Bi].[Bi].[Bi].[Bi].[Bi].[Bi].[Bi].[Bi].[Bi].[Bi].[Bi].[Bi].[Bi].[Bi].[Bi].[Bi].[Bi].[Bi].[Bi].[Bi].[Bi].[Bi].[Bi].[Bi].[Bi].[Bi].[Bi].[Bi].[Bi].[Bi].[Bi].[Bi].[Bi].[Bi].[Bi].[Cd].[Cd].[Cd].[Cd].[Cd].[Cd].[Cd].[Cd].[Sr].[Sr].[Sr].[Sr].[Sr].[Sr].[Sr].[Sr].[Sr].[Sr].[Sr].[Sr].[Sr].[Sr].[Sr].[Sr].[Sr].[Sr].[Sr].[Sr].[Sr].[Sr].[Sr].[Sr].[Sr].[Sr].[Sr].[Sr].[Sr].[Sr].[Sr].[Sr].[Sr].[Sr].[Sr].[Sr].[Sr].[Sr].[Sr].[Sr].[Sr].[Sr]. The first-order chi connectivity index (χ1) is 0. The third-order valence-electron chi connectivity index (χ3n) is 0. The molecule has 280 valence electrons. The Bertz CT molecular complexity index is 116. The van der Waals surface area contributed by atoms with E-state index in [4.69, 9.17) is 0 Å². The smallest absolute Gasteiger partial charge is 0 e. The Morgan fingerprint density at radius 1 is 0.0349 bits per heavy atom. The largest absolute Gasteiger partial charge is 0 e. The van der Waals surface area contributed by atoms with Crippen molar-refractivity contribution < 1.29 is 218 Å². The quantitative estimate of drug-likeness (QED) is 0.212. The van der Waals surface area contributed by atoms with Crippen LogP contribution in [0.25, 0.3) is 0 Å². The Kier molecular flexibility index (Phi) is 4590. The zero-order chi connectivity index (χ0) is 0. The van der Waals surface area contributed by atoms with Crippen molar-refractivity contribution in [3.8, 4) is 0 Å². The van der Waals surface area contributed by atoms with Gasteiger partial charge in [-0.1, -0.05) is 0 Å². The zero-order valence-electron chi connectivity index (χ0n) is 51.5. The van der Waals surface area contributed by atoms with Crippen LogP contribution in [0.3, 0.4) is 0 Å². The minimum atomic E-state index is 0. The van der Waals surface area contributed by atoms with Crippen LogP contribution in [0.2, 0.25) is 0 Å². The first kappa shape index (κ1) is 633. The molecule has 0 heterocycles. The van der Waals surface area contributed by atoms with Gasteiger partial charge in [-0.25, -0.2) is 0 Å². The molecule has 0 nitrogen and oxygen atoms in total. The van der Waals surface area contributed by atoms with Crippen molar-refractivity contribution in [1.82, 2.24) is 0 Å². The van der Waals surface area contributed by atoms with Crippen LogP contribution in [0.1, 0.15) is 0 Å². The summed E-state index contributed by atoms with van der Waals surface area (Å²) in [7, 11) is 0. The van der Waals surface area contributed by atoms with Gasteiger partial charge >= 0.3 is 0 Å². The van der Waals surface area contributed by atoms with E-state index in [0.29, 0.717) is 0 Å². The van der Waals surface area contributed by atoms with Crippen molar-refractivity contribution in [1.29, 1.82) is 0 Å². The maximum atomic E-state index is 0. The van der Waals surface area contributed by atoms with Crippen LogP contribution in [-0.4, -0.2) is 2850 Å². The van der Waals surface area contributed by atoms with Gasteiger partial charge in [0.1, 0.15) is 0 Å². The van der Waals surface area contributed by atoms with Crippen molar-refractivity contribution in [2.75, 3.05) is 0 Å². The minimum absolute atomic E-state index is 0. The Morgan fingerprint density at radius 3 is 0.0349 bits per heavy atom. The van der Waals surface area contributed by atoms with Gasteiger partial charge in [0, 0.05) is 3070 Å². The average molecular weight is 12100 g/mol. The van der Waals surface area contributed by atoms with Crippen molar-refractivity contribution in [3.63, 3.8) is 0 Å². The molecule has 0 saturated carbocycles. The zero-order valence-corrected chi connectivity index (χ0v) is 355. The molecule has 0 aliphatic rings. The molecule has 86 heteroatoms. The van der Waals surface area contributed by atoms with Gasteiger partial charge in [-0.05, 0) is 0 Å². The molecule has 86 heavy (non-hydrogen) atoms. The van der Waals surface area contributed by atoms with Gasteiger partial charge in [0.15, 0.2) is 0 Å². The van der Waals surface area contributed by atoms with E-state index in [9.17, 15) is 0 Å². The Balaban J connectivity index is 0. The van der Waals surface area contributed by atoms with E-state index in [2.05, 4.69) is 0 Å². The molecular weight excluding hydrogens is 12100 g/mol. The molecule has 0 amide bonds. The summed E-state index contributed by atoms with van der Waals surface area (Å²) in [5.41, 5.74) is 0. The van der Waals surface area contributed by atoms with Crippen LogP contribution < -0.4 is 0 Å². The van der Waals surface area contributed by atoms with Gasteiger partial charge in [-0.3, -0.25) is 0 Å². The third kappa shape index (κ3) is 613. The molecule has 0 unspecified atom stereocenters. The molecule has 0 fully saturated rings. The number of hydrogen-bond donors (Lipinski definition) is 0. The van der Waals surface area contributed by atoms with Gasteiger partial charge in [0.2, 0.25) is 0 Å². The van der Waals surface area contributed by atoms with Crippen LogP contribution in [0, 0.1) is 0 Å². The summed E-state index contributed by atoms with van der Waals surface area (Å²) in [6, 6.07) is 0. The Labute approximate surface area is 2940 Å². The number of rotatable bonds is 0. The molecule has 0 aromatic rings. The fraction of sp³-hybridized carbons (Fsp3) is 0. The summed E-state index contributed by atoms with van der Waals surface area (Å²) in [6.45, 7) is 0. The van der Waals surface area contributed by atoms with E-state index < -0.39 is 0 Å². The normalized spacial score (nSPS) is 0. The van der Waals surface area contributed by atoms with Crippen LogP contribution in [0.15, 0.2) is 0 Å². The number of hydrogen-bond acceptors (Lipinski definition) is 0. The topological polar surface area (TPSA) is 0 Å². The van der Waals surface area contributed by atoms with Crippen molar-refractivity contribution in [2.24, 2.45) is 0 Å². The molecule has 0 aliphatic heterocycles. The fourth-order valence-electron chi connectivity index (χ4n) is 0. The monoisotopic (exact) mass is 12100 g/mol. The summed E-state index contributed by atoms with van der Waals surface area (Å²) in [5.74, 6) is 0. The Morgan fingerprint density at radius 2 is 0.0349 bits per heavy atom. The maximum absolute atomic E-state index is 0. The summed E-state index contributed by atoms with van der Waals surface area (Å²) >= 11 is 0.